The molecule has 0 aliphatic rings. The molecule has 5 heteroatoms. The number of aromatic nitrogens is 1. The average molecular weight is 309 g/mol. The third-order valence-corrected chi connectivity index (χ3v) is 3.87. The summed E-state index contributed by atoms with van der Waals surface area (Å²) in [5, 5.41) is 7.40. The highest BCUT2D eigenvalue weighted by Gasteiger charge is 2.10. The Morgan fingerprint density at radius 1 is 1.45 bits per heavy atom. The van der Waals surface area contributed by atoms with Gasteiger partial charge in [-0.25, -0.2) is 4.98 Å². The first-order chi connectivity index (χ1) is 9.56. The molecule has 0 unspecified atom stereocenters. The predicted molar refractivity (Wildman–Crippen MR) is 83.7 cm³/mol. The van der Waals surface area contributed by atoms with E-state index in [0.29, 0.717) is 17.3 Å². The van der Waals surface area contributed by atoms with Gasteiger partial charge in [-0.3, -0.25) is 4.79 Å². The largest absolute Gasteiger partial charge is 0.352 e. The number of amides is 1. The van der Waals surface area contributed by atoms with E-state index in [1.54, 1.807) is 23.5 Å². The minimum atomic E-state index is -0.105. The van der Waals surface area contributed by atoms with Crippen molar-refractivity contribution in [1.29, 1.82) is 0 Å². The van der Waals surface area contributed by atoms with Crippen LogP contribution in [0.15, 0.2) is 29.0 Å². The highest BCUT2D eigenvalue weighted by Crippen LogP contribution is 2.17. The van der Waals surface area contributed by atoms with Gasteiger partial charge < -0.3 is 5.32 Å². The van der Waals surface area contributed by atoms with Crippen LogP contribution in [0, 0.1) is 0 Å². The van der Waals surface area contributed by atoms with Crippen LogP contribution in [0.5, 0.6) is 0 Å². The van der Waals surface area contributed by atoms with Gasteiger partial charge in [0.15, 0.2) is 0 Å². The molecule has 2 aromatic rings. The molecule has 0 saturated heterocycles. The zero-order chi connectivity index (χ0) is 14.5. The van der Waals surface area contributed by atoms with Crippen molar-refractivity contribution >= 4 is 28.8 Å². The Bertz CT molecular complexity index is 582. The smallest absolute Gasteiger partial charge is 0.251 e. The van der Waals surface area contributed by atoms with Crippen molar-refractivity contribution in [3.63, 3.8) is 0 Å². The van der Waals surface area contributed by atoms with Crippen molar-refractivity contribution in [2.24, 2.45) is 0 Å². The van der Waals surface area contributed by atoms with Gasteiger partial charge >= 0.3 is 0 Å². The van der Waals surface area contributed by atoms with E-state index in [9.17, 15) is 4.79 Å². The van der Waals surface area contributed by atoms with E-state index in [2.05, 4.69) is 21.7 Å². The molecule has 1 amide bonds. The molecule has 0 spiro atoms. The fourth-order valence-electron chi connectivity index (χ4n) is 1.80. The van der Waals surface area contributed by atoms with E-state index < -0.39 is 0 Å². The van der Waals surface area contributed by atoms with Gasteiger partial charge in [0, 0.05) is 17.8 Å². The second kappa shape index (κ2) is 6.86. The molecule has 0 atom stereocenters. The molecule has 3 nitrogen and oxygen atoms in total. The van der Waals surface area contributed by atoms with Crippen LogP contribution in [0.2, 0.25) is 5.15 Å². The van der Waals surface area contributed by atoms with Crippen LogP contribution >= 0.6 is 22.9 Å². The fourth-order valence-corrected chi connectivity index (χ4v) is 2.72. The summed E-state index contributed by atoms with van der Waals surface area (Å²) in [6.07, 6.45) is 0.838. The summed E-state index contributed by atoms with van der Waals surface area (Å²) in [7, 11) is 0. The van der Waals surface area contributed by atoms with Crippen LogP contribution in [-0.4, -0.2) is 17.4 Å². The summed E-state index contributed by atoms with van der Waals surface area (Å²) < 4.78 is 0. The second-order valence-electron chi connectivity index (χ2n) is 4.90. The molecule has 0 aliphatic carbocycles. The summed E-state index contributed by atoms with van der Waals surface area (Å²) in [4.78, 5) is 16.3. The molecule has 106 valence electrons. The first-order valence-corrected chi connectivity index (χ1v) is 7.85. The molecular formula is C15H17ClN2OS. The van der Waals surface area contributed by atoms with Crippen LogP contribution < -0.4 is 5.32 Å². The van der Waals surface area contributed by atoms with Crippen LogP contribution in [0.4, 0.5) is 0 Å². The van der Waals surface area contributed by atoms with Gasteiger partial charge in [-0.15, -0.1) is 0 Å². The minimum absolute atomic E-state index is 0.105. The molecule has 0 aliphatic heterocycles. The Morgan fingerprint density at radius 3 is 2.90 bits per heavy atom. The van der Waals surface area contributed by atoms with Crippen LogP contribution in [0.1, 0.15) is 41.4 Å². The van der Waals surface area contributed by atoms with E-state index in [-0.39, 0.29) is 11.8 Å². The minimum Gasteiger partial charge on any atom is -0.352 e. The maximum Gasteiger partial charge on any atom is 0.251 e. The Hall–Kier alpha value is -1.39. The number of carbonyl (C=O) groups excluding carboxylic acids is 1. The van der Waals surface area contributed by atoms with Crippen molar-refractivity contribution in [2.45, 2.75) is 26.2 Å². The van der Waals surface area contributed by atoms with E-state index in [4.69, 9.17) is 11.6 Å². The predicted octanol–water partition coefficient (Wildman–Crippen LogP) is 3.89. The normalized spacial score (nSPS) is 10.8. The molecule has 20 heavy (non-hydrogen) atoms. The lowest BCUT2D eigenvalue weighted by Crippen LogP contribution is -2.25. The number of thiophene rings is 1. The standard InChI is InChI=1S/C15H17ClN2OS/c1-10(2)13-7-12(8-14(16)18-13)15(19)17-5-3-11-4-6-20-9-11/h4,6-10H,3,5H2,1-2H3,(H,17,19). The van der Waals surface area contributed by atoms with Crippen LogP contribution in [0.25, 0.3) is 0 Å². The maximum absolute atomic E-state index is 12.1. The lowest BCUT2D eigenvalue weighted by atomic mass is 10.1. The third-order valence-electron chi connectivity index (χ3n) is 2.95. The quantitative estimate of drug-likeness (QED) is 0.851. The number of nitrogens with one attached hydrogen (secondary N) is 1. The number of nitrogens with zero attached hydrogens (tertiary/aromatic N) is 1. The zero-order valence-corrected chi connectivity index (χ0v) is 13.1. The van der Waals surface area contributed by atoms with Crippen LogP contribution in [-0.2, 0) is 6.42 Å². The Kier molecular flexibility index (Phi) is 5.15. The molecule has 1 N–H and O–H groups in total. The van der Waals surface area contributed by atoms with Gasteiger partial charge in [0.25, 0.3) is 5.91 Å². The van der Waals surface area contributed by atoms with E-state index in [1.165, 1.54) is 5.56 Å². The summed E-state index contributed by atoms with van der Waals surface area (Å²) >= 11 is 7.63. The summed E-state index contributed by atoms with van der Waals surface area (Å²) in [5.74, 6) is 0.137. The topological polar surface area (TPSA) is 42.0 Å². The van der Waals surface area contributed by atoms with Gasteiger partial charge in [-0.05, 0) is 46.9 Å². The first kappa shape index (κ1) is 15.0. The van der Waals surface area contributed by atoms with E-state index >= 15 is 0 Å². The van der Waals surface area contributed by atoms with Crippen molar-refractivity contribution in [2.75, 3.05) is 6.54 Å². The number of halogens is 1. The maximum atomic E-state index is 12.1. The highest BCUT2D eigenvalue weighted by atomic mass is 35.5. The van der Waals surface area contributed by atoms with Crippen molar-refractivity contribution < 1.29 is 4.79 Å². The van der Waals surface area contributed by atoms with Gasteiger partial charge in [0.2, 0.25) is 0 Å². The van der Waals surface area contributed by atoms with Crippen molar-refractivity contribution in [3.05, 3.63) is 50.9 Å². The molecular weight excluding hydrogens is 292 g/mol. The number of pyridine rings is 1. The number of hydrogen-bond acceptors (Lipinski definition) is 3. The van der Waals surface area contributed by atoms with Crippen molar-refractivity contribution in [3.8, 4) is 0 Å². The molecule has 0 bridgehead atoms. The molecule has 0 fully saturated rings. The summed E-state index contributed by atoms with van der Waals surface area (Å²) in [6.45, 7) is 4.67. The SMILES string of the molecule is CC(C)c1cc(C(=O)NCCc2ccsc2)cc(Cl)n1. The van der Waals surface area contributed by atoms with Gasteiger partial charge in [-0.2, -0.15) is 11.3 Å². The monoisotopic (exact) mass is 308 g/mol. The van der Waals surface area contributed by atoms with Crippen molar-refractivity contribution in [1.82, 2.24) is 10.3 Å². The Morgan fingerprint density at radius 2 is 2.25 bits per heavy atom. The van der Waals surface area contributed by atoms with Crippen LogP contribution in [0.3, 0.4) is 0 Å². The van der Waals surface area contributed by atoms with Gasteiger partial charge in [0.1, 0.15) is 5.15 Å². The lowest BCUT2D eigenvalue weighted by molar-refractivity contribution is 0.0954. The zero-order valence-electron chi connectivity index (χ0n) is 11.5. The first-order valence-electron chi connectivity index (χ1n) is 6.53. The van der Waals surface area contributed by atoms with Gasteiger partial charge in [0.05, 0.1) is 0 Å². The summed E-state index contributed by atoms with van der Waals surface area (Å²) in [6, 6.07) is 5.47. The van der Waals surface area contributed by atoms with E-state index in [1.807, 2.05) is 19.2 Å². The third kappa shape index (κ3) is 4.05. The number of hydrogen-bond donors (Lipinski definition) is 1. The highest BCUT2D eigenvalue weighted by molar-refractivity contribution is 7.07. The Labute approximate surface area is 128 Å². The Balaban J connectivity index is 1.98. The molecule has 2 aromatic heterocycles. The van der Waals surface area contributed by atoms with E-state index in [0.717, 1.165) is 12.1 Å². The lowest BCUT2D eigenvalue weighted by Gasteiger charge is -2.09. The molecule has 2 rings (SSSR count). The summed E-state index contributed by atoms with van der Waals surface area (Å²) in [5.41, 5.74) is 2.64. The number of rotatable bonds is 5. The van der Waals surface area contributed by atoms with Gasteiger partial charge in [-0.1, -0.05) is 25.4 Å². The fraction of sp³-hybridized carbons (Fsp3) is 0.333. The number of carbonyl (C=O) groups is 1. The molecule has 0 saturated carbocycles. The molecule has 0 aromatic carbocycles. The average Bonchev–Trinajstić information content (AvgIpc) is 2.91. The molecule has 0 radical (unpaired) electrons. The molecule has 2 heterocycles. The second-order valence-corrected chi connectivity index (χ2v) is 6.06.